The van der Waals surface area contributed by atoms with E-state index in [2.05, 4.69) is 17.6 Å². The van der Waals surface area contributed by atoms with Crippen molar-refractivity contribution in [2.45, 2.75) is 78.0 Å². The van der Waals surface area contributed by atoms with Crippen LogP contribution < -0.4 is 10.6 Å². The van der Waals surface area contributed by atoms with Gasteiger partial charge in [0.2, 0.25) is 5.91 Å². The van der Waals surface area contributed by atoms with Gasteiger partial charge in [0.1, 0.15) is 17.7 Å². The lowest BCUT2D eigenvalue weighted by Gasteiger charge is -2.34. The number of aryl methyl sites for hydroxylation is 1. The molecular formula is C33H43N3O5. The minimum Gasteiger partial charge on any atom is -0.444 e. The Bertz CT molecular complexity index is 1320. The van der Waals surface area contributed by atoms with Gasteiger partial charge in [-0.15, -0.1) is 0 Å². The van der Waals surface area contributed by atoms with Crippen molar-refractivity contribution < 1.29 is 24.2 Å². The zero-order chi connectivity index (χ0) is 30.0. The van der Waals surface area contributed by atoms with E-state index in [1.165, 1.54) is 4.90 Å². The van der Waals surface area contributed by atoms with Gasteiger partial charge in [-0.2, -0.15) is 0 Å². The number of benzene rings is 3. The fraction of sp³-hybridized carbons (Fsp3) is 0.424. The first-order chi connectivity index (χ1) is 19.6. The van der Waals surface area contributed by atoms with Crippen molar-refractivity contribution in [3.63, 3.8) is 0 Å². The molecule has 8 heteroatoms. The molecule has 3 N–H and O–H groups in total. The predicted octanol–water partition coefficient (Wildman–Crippen LogP) is 5.99. The van der Waals surface area contributed by atoms with Crippen LogP contribution in [0, 0.1) is 0 Å². The highest BCUT2D eigenvalue weighted by Gasteiger charge is 2.36. The third kappa shape index (κ3) is 9.05. The average Bonchev–Trinajstić information content (AvgIpc) is 2.94. The Kier molecular flexibility index (Phi) is 11.3. The minimum atomic E-state index is -1.28. The highest BCUT2D eigenvalue weighted by Crippen LogP contribution is 2.27. The van der Waals surface area contributed by atoms with Crippen LogP contribution in [0.15, 0.2) is 66.7 Å². The van der Waals surface area contributed by atoms with Gasteiger partial charge < -0.3 is 25.4 Å². The number of hydrogen-bond donors (Lipinski definition) is 3. The average molecular weight is 562 g/mol. The smallest absolute Gasteiger partial charge is 0.408 e. The van der Waals surface area contributed by atoms with Gasteiger partial charge in [0.15, 0.2) is 0 Å². The van der Waals surface area contributed by atoms with Gasteiger partial charge in [0.05, 0.1) is 6.61 Å². The summed E-state index contributed by atoms with van der Waals surface area (Å²) in [5.41, 5.74) is 1.57. The van der Waals surface area contributed by atoms with Crippen molar-refractivity contribution >= 4 is 34.4 Å². The molecule has 0 aromatic heterocycles. The molecule has 0 fully saturated rings. The molecule has 3 aromatic carbocycles. The summed E-state index contributed by atoms with van der Waals surface area (Å²) < 4.78 is 5.32. The fourth-order valence-electron chi connectivity index (χ4n) is 4.62. The number of ether oxygens (including phenoxy) is 1. The maximum absolute atomic E-state index is 14.0. The summed E-state index contributed by atoms with van der Waals surface area (Å²) in [4.78, 5) is 42.0. The SMILES string of the molecule is CCCCCN(C(=O)C(CO)NC(=O)OC(C)(C)C)C(C(=O)Nc1ccc2ccccc2c1)c1ccc(CC)cc1. The highest BCUT2D eigenvalue weighted by atomic mass is 16.6. The number of nitrogens with one attached hydrogen (secondary N) is 2. The molecule has 2 atom stereocenters. The van der Waals surface area contributed by atoms with Crippen LogP contribution in [0.1, 0.15) is 71.0 Å². The van der Waals surface area contributed by atoms with Gasteiger partial charge >= 0.3 is 6.09 Å². The number of carbonyl (C=O) groups is 3. The van der Waals surface area contributed by atoms with Crippen LogP contribution in [0.4, 0.5) is 10.5 Å². The summed E-state index contributed by atoms with van der Waals surface area (Å²) >= 11 is 0. The lowest BCUT2D eigenvalue weighted by Crippen LogP contribution is -2.54. The monoisotopic (exact) mass is 561 g/mol. The molecule has 0 aliphatic heterocycles. The number of anilines is 1. The Morgan fingerprint density at radius 2 is 1.61 bits per heavy atom. The molecular weight excluding hydrogens is 518 g/mol. The lowest BCUT2D eigenvalue weighted by molar-refractivity contribution is -0.141. The van der Waals surface area contributed by atoms with Crippen LogP contribution in [-0.2, 0) is 20.7 Å². The van der Waals surface area contributed by atoms with Crippen molar-refractivity contribution in [3.05, 3.63) is 77.9 Å². The van der Waals surface area contributed by atoms with Crippen LogP contribution in [0.3, 0.4) is 0 Å². The first kappa shape index (κ1) is 31.6. The molecule has 3 amide bonds. The summed E-state index contributed by atoms with van der Waals surface area (Å²) in [6, 6.07) is 18.9. The summed E-state index contributed by atoms with van der Waals surface area (Å²) in [6.45, 7) is 8.88. The molecule has 3 aromatic rings. The van der Waals surface area contributed by atoms with Crippen LogP contribution in [-0.4, -0.2) is 52.7 Å². The Morgan fingerprint density at radius 1 is 0.927 bits per heavy atom. The van der Waals surface area contributed by atoms with E-state index in [-0.39, 0.29) is 12.5 Å². The second kappa shape index (κ2) is 14.6. The highest BCUT2D eigenvalue weighted by molar-refractivity contribution is 6.00. The van der Waals surface area contributed by atoms with E-state index in [1.54, 1.807) is 20.8 Å². The molecule has 0 aliphatic carbocycles. The summed E-state index contributed by atoms with van der Waals surface area (Å²) in [5.74, 6) is -0.948. The van der Waals surface area contributed by atoms with Gasteiger partial charge in [0, 0.05) is 12.2 Å². The lowest BCUT2D eigenvalue weighted by atomic mass is 9.99. The first-order valence-electron chi connectivity index (χ1n) is 14.4. The molecule has 8 nitrogen and oxygen atoms in total. The van der Waals surface area contributed by atoms with Crippen molar-refractivity contribution in [1.82, 2.24) is 10.2 Å². The van der Waals surface area contributed by atoms with Crippen molar-refractivity contribution in [1.29, 1.82) is 0 Å². The zero-order valence-electron chi connectivity index (χ0n) is 24.8. The van der Waals surface area contributed by atoms with Gasteiger partial charge in [-0.25, -0.2) is 4.79 Å². The Morgan fingerprint density at radius 3 is 2.22 bits per heavy atom. The van der Waals surface area contributed by atoms with Crippen molar-refractivity contribution in [3.8, 4) is 0 Å². The molecule has 0 saturated heterocycles. The molecule has 0 saturated carbocycles. The number of rotatable bonds is 12. The van der Waals surface area contributed by atoms with E-state index in [9.17, 15) is 19.5 Å². The number of amides is 3. The van der Waals surface area contributed by atoms with E-state index in [4.69, 9.17) is 4.74 Å². The van der Waals surface area contributed by atoms with Crippen LogP contribution >= 0.6 is 0 Å². The predicted molar refractivity (Wildman–Crippen MR) is 163 cm³/mol. The van der Waals surface area contributed by atoms with Crippen LogP contribution in [0.2, 0.25) is 0 Å². The fourth-order valence-corrected chi connectivity index (χ4v) is 4.62. The number of alkyl carbamates (subject to hydrolysis) is 1. The zero-order valence-corrected chi connectivity index (χ0v) is 24.8. The third-order valence-electron chi connectivity index (χ3n) is 6.74. The van der Waals surface area contributed by atoms with E-state index < -0.39 is 36.3 Å². The molecule has 0 radical (unpaired) electrons. The number of hydrogen-bond acceptors (Lipinski definition) is 5. The van der Waals surface area contributed by atoms with E-state index >= 15 is 0 Å². The minimum absolute atomic E-state index is 0.268. The standard InChI is InChI=1S/C33H43N3O5/c1-6-8-11-20-36(31(39)28(22-37)35-32(40)41-33(3,4)5)29(25-16-14-23(7-2)15-17-25)30(38)34-27-19-18-24-12-9-10-13-26(24)21-27/h9-10,12-19,21,28-29,37H,6-8,11,20,22H2,1-5H3,(H,34,38)(H,35,40). The third-order valence-corrected chi connectivity index (χ3v) is 6.74. The van der Waals surface area contributed by atoms with E-state index in [1.807, 2.05) is 73.7 Å². The number of nitrogens with zero attached hydrogens (tertiary/aromatic N) is 1. The van der Waals surface area contributed by atoms with Crippen LogP contribution in [0.5, 0.6) is 0 Å². The summed E-state index contributed by atoms with van der Waals surface area (Å²) in [5, 5.41) is 17.7. The molecule has 3 rings (SSSR count). The summed E-state index contributed by atoms with van der Waals surface area (Å²) in [7, 11) is 0. The van der Waals surface area contributed by atoms with Gasteiger partial charge in [-0.1, -0.05) is 81.3 Å². The Labute approximate surface area is 243 Å². The maximum Gasteiger partial charge on any atom is 0.408 e. The van der Waals surface area contributed by atoms with Gasteiger partial charge in [0.25, 0.3) is 5.91 Å². The molecule has 2 unspecified atom stereocenters. The van der Waals surface area contributed by atoms with E-state index in [0.717, 1.165) is 35.6 Å². The molecule has 0 heterocycles. The van der Waals surface area contributed by atoms with Crippen molar-refractivity contribution in [2.24, 2.45) is 0 Å². The molecule has 41 heavy (non-hydrogen) atoms. The maximum atomic E-state index is 14.0. The van der Waals surface area contributed by atoms with E-state index in [0.29, 0.717) is 17.7 Å². The van der Waals surface area contributed by atoms with Gasteiger partial charge in [-0.05, 0) is 67.6 Å². The second-order valence-electron chi connectivity index (χ2n) is 11.2. The number of unbranched alkanes of at least 4 members (excludes halogenated alkanes) is 2. The van der Waals surface area contributed by atoms with Crippen molar-refractivity contribution in [2.75, 3.05) is 18.5 Å². The molecule has 220 valence electrons. The van der Waals surface area contributed by atoms with Crippen LogP contribution in [0.25, 0.3) is 10.8 Å². The number of aliphatic hydroxyl groups excluding tert-OH is 1. The first-order valence-corrected chi connectivity index (χ1v) is 14.4. The summed E-state index contributed by atoms with van der Waals surface area (Å²) in [6.07, 6.45) is 2.43. The molecule has 0 aliphatic rings. The molecule has 0 spiro atoms. The normalized spacial score (nSPS) is 12.8. The number of carbonyl (C=O) groups excluding carboxylic acids is 3. The largest absolute Gasteiger partial charge is 0.444 e. The Balaban J connectivity index is 1.99. The number of fused-ring (bicyclic) bond motifs is 1. The second-order valence-corrected chi connectivity index (χ2v) is 11.2. The Hall–Kier alpha value is -3.91. The van der Waals surface area contributed by atoms with Gasteiger partial charge in [-0.3, -0.25) is 9.59 Å². The quantitative estimate of drug-likeness (QED) is 0.236. The number of aliphatic hydroxyl groups is 1. The topological polar surface area (TPSA) is 108 Å². The molecule has 0 bridgehead atoms.